The molecule has 10 heteroatoms. The van der Waals surface area contributed by atoms with Crippen molar-refractivity contribution in [3.63, 3.8) is 0 Å². The van der Waals surface area contributed by atoms with Gasteiger partial charge >= 0.3 is 23.9 Å². The summed E-state index contributed by atoms with van der Waals surface area (Å²) in [7, 11) is 0. The fourth-order valence-electron chi connectivity index (χ4n) is 1.04. The van der Waals surface area contributed by atoms with Crippen molar-refractivity contribution in [2.24, 2.45) is 0 Å². The zero-order valence-corrected chi connectivity index (χ0v) is 10.5. The predicted octanol–water partition coefficient (Wildman–Crippen LogP) is 2.20. The molecule has 0 aromatic rings. The second-order valence-electron chi connectivity index (χ2n) is 3.81. The van der Waals surface area contributed by atoms with Gasteiger partial charge in [0.2, 0.25) is 0 Å². The third kappa shape index (κ3) is 4.51. The van der Waals surface area contributed by atoms with E-state index in [1.54, 1.807) is 0 Å². The van der Waals surface area contributed by atoms with Crippen LogP contribution in [0.5, 0.6) is 0 Å². The van der Waals surface area contributed by atoms with Crippen LogP contribution < -0.4 is 0 Å². The van der Waals surface area contributed by atoms with E-state index in [4.69, 9.17) is 9.84 Å². The molecular formula is C10H14F6O4. The van der Waals surface area contributed by atoms with Gasteiger partial charge in [0.15, 0.2) is 0 Å². The Morgan fingerprint density at radius 1 is 1.00 bits per heavy atom. The molecule has 0 radical (unpaired) electrons. The zero-order valence-electron chi connectivity index (χ0n) is 10.5. The maximum absolute atomic E-state index is 12.2. The molecule has 0 aromatic heterocycles. The highest BCUT2D eigenvalue weighted by atomic mass is 19.4. The molecule has 120 valence electrons. The van der Waals surface area contributed by atoms with Gasteiger partial charge in [-0.15, -0.1) is 0 Å². The Hall–Kier alpha value is -1.03. The monoisotopic (exact) mass is 312 g/mol. The molecule has 0 unspecified atom stereocenters. The first kappa shape index (κ1) is 19.0. The Balaban J connectivity index is 4.54. The summed E-state index contributed by atoms with van der Waals surface area (Å²) < 4.78 is 81.9. The van der Waals surface area contributed by atoms with E-state index in [1.807, 2.05) is 6.92 Å². The number of hydrogen-bond acceptors (Lipinski definition) is 4. The van der Waals surface area contributed by atoms with E-state index in [0.29, 0.717) is 6.42 Å². The minimum Gasteiger partial charge on any atom is -0.461 e. The van der Waals surface area contributed by atoms with Crippen LogP contribution >= 0.6 is 0 Å². The fourth-order valence-corrected chi connectivity index (χ4v) is 1.04. The number of hydrogen-bond donors (Lipinski definition) is 1. The van der Waals surface area contributed by atoms with Gasteiger partial charge in [-0.1, -0.05) is 13.3 Å². The van der Waals surface area contributed by atoms with Crippen molar-refractivity contribution in [3.05, 3.63) is 0 Å². The molecule has 0 aliphatic carbocycles. The van der Waals surface area contributed by atoms with Crippen LogP contribution in [0.15, 0.2) is 0 Å². The van der Waals surface area contributed by atoms with E-state index in [9.17, 15) is 31.1 Å². The van der Waals surface area contributed by atoms with E-state index in [2.05, 4.69) is 4.74 Å². The Kier molecular flexibility index (Phi) is 6.75. The van der Waals surface area contributed by atoms with Crippen molar-refractivity contribution in [1.29, 1.82) is 0 Å². The largest absolute Gasteiger partial charge is 0.461 e. The van der Waals surface area contributed by atoms with Gasteiger partial charge in [0.05, 0.1) is 6.61 Å². The molecule has 0 bridgehead atoms. The maximum atomic E-state index is 12.2. The van der Waals surface area contributed by atoms with Crippen LogP contribution in [0.4, 0.5) is 26.3 Å². The molecule has 0 amide bonds. The van der Waals surface area contributed by atoms with Gasteiger partial charge in [0, 0.05) is 6.61 Å². The zero-order chi connectivity index (χ0) is 16.0. The van der Waals surface area contributed by atoms with Gasteiger partial charge in [-0.25, -0.2) is 4.79 Å². The fraction of sp³-hybridized carbons (Fsp3) is 0.900. The van der Waals surface area contributed by atoms with Crippen LogP contribution in [-0.4, -0.2) is 48.9 Å². The molecule has 0 aliphatic heterocycles. The number of halogens is 6. The highest BCUT2D eigenvalue weighted by molar-refractivity contribution is 5.81. The standard InChI is InChI=1S/C10H14F6O4/c1-2-3-4-19-5-6-20-7(17)8(18,9(11,12)13)10(14,15)16/h18H,2-6H2,1H3. The molecule has 1 N–H and O–H groups in total. The Morgan fingerprint density at radius 3 is 1.90 bits per heavy atom. The summed E-state index contributed by atoms with van der Waals surface area (Å²) in [4.78, 5) is 10.9. The molecule has 0 aromatic carbocycles. The number of alkyl halides is 6. The van der Waals surface area contributed by atoms with Crippen molar-refractivity contribution in [2.75, 3.05) is 19.8 Å². The number of ether oxygens (including phenoxy) is 2. The van der Waals surface area contributed by atoms with Crippen LogP contribution in [-0.2, 0) is 14.3 Å². The van der Waals surface area contributed by atoms with Gasteiger partial charge in [0.25, 0.3) is 0 Å². The lowest BCUT2D eigenvalue weighted by Gasteiger charge is -2.29. The van der Waals surface area contributed by atoms with E-state index >= 15 is 0 Å². The van der Waals surface area contributed by atoms with Crippen molar-refractivity contribution < 1.29 is 45.7 Å². The lowest BCUT2D eigenvalue weighted by Crippen LogP contribution is -2.63. The van der Waals surface area contributed by atoms with Crippen LogP contribution in [0.1, 0.15) is 19.8 Å². The third-order valence-corrected chi connectivity index (χ3v) is 2.22. The molecule has 4 nitrogen and oxygen atoms in total. The summed E-state index contributed by atoms with van der Waals surface area (Å²) in [6.45, 7) is 0.890. The summed E-state index contributed by atoms with van der Waals surface area (Å²) >= 11 is 0. The number of carbonyl (C=O) groups excluding carboxylic acids is 1. The molecule has 0 rings (SSSR count). The highest BCUT2D eigenvalue weighted by Gasteiger charge is 2.76. The lowest BCUT2D eigenvalue weighted by molar-refractivity contribution is -0.357. The van der Waals surface area contributed by atoms with E-state index in [0.717, 1.165) is 6.42 Å². The van der Waals surface area contributed by atoms with Crippen molar-refractivity contribution >= 4 is 5.97 Å². The molecule has 20 heavy (non-hydrogen) atoms. The Morgan fingerprint density at radius 2 is 1.50 bits per heavy atom. The van der Waals surface area contributed by atoms with E-state index in [-0.39, 0.29) is 13.2 Å². The second kappa shape index (κ2) is 7.11. The first-order valence-electron chi connectivity index (χ1n) is 5.59. The van der Waals surface area contributed by atoms with Crippen LogP contribution in [0.2, 0.25) is 0 Å². The van der Waals surface area contributed by atoms with Gasteiger partial charge in [-0.2, -0.15) is 26.3 Å². The second-order valence-corrected chi connectivity index (χ2v) is 3.81. The lowest BCUT2D eigenvalue weighted by atomic mass is 10.0. The molecule has 0 heterocycles. The van der Waals surface area contributed by atoms with E-state index in [1.165, 1.54) is 0 Å². The quantitative estimate of drug-likeness (QED) is 0.445. The average Bonchev–Trinajstić information content (AvgIpc) is 2.29. The SMILES string of the molecule is CCCCOCCOC(=O)C(O)(C(F)(F)F)C(F)(F)F. The smallest absolute Gasteiger partial charge is 0.437 e. The average molecular weight is 312 g/mol. The topological polar surface area (TPSA) is 55.8 Å². The van der Waals surface area contributed by atoms with Crippen LogP contribution in [0.25, 0.3) is 0 Å². The Bertz CT molecular complexity index is 298. The van der Waals surface area contributed by atoms with Gasteiger partial charge < -0.3 is 14.6 Å². The first-order chi connectivity index (χ1) is 8.98. The summed E-state index contributed by atoms with van der Waals surface area (Å²) in [6.07, 6.45) is -11.0. The normalized spacial score (nSPS) is 13.4. The highest BCUT2D eigenvalue weighted by Crippen LogP contribution is 2.43. The molecular weight excluding hydrogens is 298 g/mol. The van der Waals surface area contributed by atoms with Crippen molar-refractivity contribution in [1.82, 2.24) is 0 Å². The molecule has 0 atom stereocenters. The number of carbonyl (C=O) groups is 1. The summed E-state index contributed by atoms with van der Waals surface area (Å²) in [5, 5.41) is 8.63. The molecule has 0 saturated carbocycles. The predicted molar refractivity (Wildman–Crippen MR) is 53.7 cm³/mol. The summed E-state index contributed by atoms with van der Waals surface area (Å²) in [6, 6.07) is 0. The number of rotatable bonds is 7. The van der Waals surface area contributed by atoms with Gasteiger partial charge in [-0.05, 0) is 6.42 Å². The third-order valence-electron chi connectivity index (χ3n) is 2.22. The number of unbranched alkanes of at least 4 members (excludes halogenated alkanes) is 1. The molecule has 0 saturated heterocycles. The number of aliphatic hydroxyl groups is 1. The maximum Gasteiger partial charge on any atom is 0.437 e. The van der Waals surface area contributed by atoms with Crippen LogP contribution in [0.3, 0.4) is 0 Å². The minimum absolute atomic E-state index is 0.233. The van der Waals surface area contributed by atoms with Crippen molar-refractivity contribution in [2.45, 2.75) is 37.7 Å². The summed E-state index contributed by atoms with van der Waals surface area (Å²) in [5.41, 5.74) is -5.54. The molecule has 0 spiro atoms. The summed E-state index contributed by atoms with van der Waals surface area (Å²) in [5.74, 6) is -2.82. The molecule has 0 fully saturated rings. The van der Waals surface area contributed by atoms with Gasteiger partial charge in [0.1, 0.15) is 6.61 Å². The van der Waals surface area contributed by atoms with Crippen LogP contribution in [0, 0.1) is 0 Å². The van der Waals surface area contributed by atoms with E-state index < -0.39 is 30.5 Å². The number of esters is 1. The van der Waals surface area contributed by atoms with Crippen molar-refractivity contribution in [3.8, 4) is 0 Å². The minimum atomic E-state index is -6.23. The molecule has 0 aliphatic rings. The van der Waals surface area contributed by atoms with Gasteiger partial charge in [-0.3, -0.25) is 0 Å². The Labute approximate surface area is 110 Å². The first-order valence-corrected chi connectivity index (χ1v) is 5.59.